The largest absolute Gasteiger partial charge is 0.493 e. The van der Waals surface area contributed by atoms with Crippen LogP contribution in [0.2, 0.25) is 0 Å². The first kappa shape index (κ1) is 15.0. The van der Waals surface area contributed by atoms with Crippen LogP contribution in [0.4, 0.5) is 4.39 Å². The van der Waals surface area contributed by atoms with Gasteiger partial charge in [0.15, 0.2) is 0 Å². The van der Waals surface area contributed by atoms with Crippen molar-refractivity contribution >= 4 is 0 Å². The zero-order chi connectivity index (χ0) is 13.9. The Hall–Kier alpha value is -1.09. The molecule has 18 heavy (non-hydrogen) atoms. The second kappa shape index (κ2) is 5.70. The minimum atomic E-state index is -0.232. The van der Waals surface area contributed by atoms with Gasteiger partial charge < -0.3 is 10.5 Å². The van der Waals surface area contributed by atoms with Crippen molar-refractivity contribution in [2.45, 2.75) is 47.1 Å². The summed E-state index contributed by atoms with van der Waals surface area (Å²) < 4.78 is 19.3. The van der Waals surface area contributed by atoms with E-state index in [1.807, 2.05) is 6.92 Å². The van der Waals surface area contributed by atoms with E-state index in [4.69, 9.17) is 10.5 Å². The quantitative estimate of drug-likeness (QED) is 0.881. The minimum absolute atomic E-state index is 0.226. The molecule has 0 aromatic heterocycles. The van der Waals surface area contributed by atoms with Crippen molar-refractivity contribution in [3.63, 3.8) is 0 Å². The summed E-state index contributed by atoms with van der Waals surface area (Å²) in [7, 11) is 0. The van der Waals surface area contributed by atoms with Gasteiger partial charge in [-0.15, -0.1) is 0 Å². The van der Waals surface area contributed by atoms with Gasteiger partial charge in [-0.05, 0) is 43.4 Å². The monoisotopic (exact) mass is 253 g/mol. The van der Waals surface area contributed by atoms with Crippen LogP contribution < -0.4 is 10.5 Å². The number of ether oxygens (including phenoxy) is 1. The third kappa shape index (κ3) is 4.30. The van der Waals surface area contributed by atoms with Crippen LogP contribution in [-0.2, 0) is 0 Å². The number of halogens is 1. The summed E-state index contributed by atoms with van der Waals surface area (Å²) in [6.45, 7) is 10.7. The number of aryl methyl sites for hydroxylation is 1. The highest BCUT2D eigenvalue weighted by atomic mass is 19.1. The molecular weight excluding hydrogens is 229 g/mol. The number of hydrogen-bond donors (Lipinski definition) is 1. The summed E-state index contributed by atoms with van der Waals surface area (Å²) in [4.78, 5) is 0. The molecule has 0 fully saturated rings. The third-order valence-corrected chi connectivity index (χ3v) is 2.89. The molecule has 3 heteroatoms. The van der Waals surface area contributed by atoms with Crippen LogP contribution in [0, 0.1) is 18.2 Å². The molecule has 1 aromatic carbocycles. The lowest BCUT2D eigenvalue weighted by atomic mass is 9.93. The van der Waals surface area contributed by atoms with Gasteiger partial charge in [0.05, 0.1) is 6.61 Å². The molecule has 1 atom stereocenters. The molecule has 0 spiro atoms. The normalized spacial score (nSPS) is 13.5. The van der Waals surface area contributed by atoms with Gasteiger partial charge in [-0.1, -0.05) is 20.8 Å². The van der Waals surface area contributed by atoms with Crippen molar-refractivity contribution in [1.29, 1.82) is 0 Å². The van der Waals surface area contributed by atoms with Crippen molar-refractivity contribution in [2.24, 2.45) is 11.1 Å². The Labute approximate surface area is 109 Å². The molecule has 0 saturated heterocycles. The molecular formula is C15H24FNO. The molecule has 2 N–H and O–H groups in total. The lowest BCUT2D eigenvalue weighted by Gasteiger charge is -2.20. The maximum Gasteiger partial charge on any atom is 0.126 e. The molecule has 0 heterocycles. The summed E-state index contributed by atoms with van der Waals surface area (Å²) in [5.41, 5.74) is 7.39. The van der Waals surface area contributed by atoms with Crippen LogP contribution in [0.25, 0.3) is 0 Å². The summed E-state index contributed by atoms with van der Waals surface area (Å²) in [5.74, 6) is 0.471. The predicted octanol–water partition coefficient (Wildman–Crippen LogP) is 3.97. The molecule has 1 rings (SSSR count). The molecule has 102 valence electrons. The van der Waals surface area contributed by atoms with E-state index in [-0.39, 0.29) is 17.3 Å². The zero-order valence-electron chi connectivity index (χ0n) is 12.0. The molecule has 0 aliphatic rings. The SMILES string of the molecule is Cc1cc(OCCC(C)(C)C)c(C(C)N)cc1F. The number of nitrogens with two attached hydrogens (primary N) is 1. The predicted molar refractivity (Wildman–Crippen MR) is 73.3 cm³/mol. The molecule has 0 aliphatic carbocycles. The Morgan fingerprint density at radius 3 is 2.44 bits per heavy atom. The van der Waals surface area contributed by atoms with E-state index in [1.54, 1.807) is 13.0 Å². The molecule has 1 aromatic rings. The maximum atomic E-state index is 13.5. The summed E-state index contributed by atoms with van der Waals surface area (Å²) in [6.07, 6.45) is 0.946. The third-order valence-electron chi connectivity index (χ3n) is 2.89. The standard InChI is InChI=1S/C15H24FNO/c1-10-8-14(18-7-6-15(3,4)5)12(11(2)17)9-13(10)16/h8-9,11H,6-7,17H2,1-5H3. The molecule has 0 saturated carbocycles. The topological polar surface area (TPSA) is 35.2 Å². The van der Waals surface area contributed by atoms with Gasteiger partial charge in [-0.25, -0.2) is 4.39 Å². The fourth-order valence-electron chi connectivity index (χ4n) is 1.62. The van der Waals surface area contributed by atoms with Crippen molar-refractivity contribution in [3.8, 4) is 5.75 Å². The van der Waals surface area contributed by atoms with E-state index >= 15 is 0 Å². The smallest absolute Gasteiger partial charge is 0.126 e. The van der Waals surface area contributed by atoms with E-state index < -0.39 is 0 Å². The maximum absolute atomic E-state index is 13.5. The summed E-state index contributed by atoms with van der Waals surface area (Å²) in [5, 5.41) is 0. The fraction of sp³-hybridized carbons (Fsp3) is 0.600. The first-order valence-corrected chi connectivity index (χ1v) is 6.39. The number of benzene rings is 1. The average Bonchev–Trinajstić information content (AvgIpc) is 2.20. The van der Waals surface area contributed by atoms with Crippen molar-refractivity contribution in [1.82, 2.24) is 0 Å². The van der Waals surface area contributed by atoms with Crippen LogP contribution in [0.1, 0.15) is 51.3 Å². The average molecular weight is 253 g/mol. The van der Waals surface area contributed by atoms with Gasteiger partial charge in [-0.3, -0.25) is 0 Å². The highest BCUT2D eigenvalue weighted by molar-refractivity contribution is 5.39. The first-order chi connectivity index (χ1) is 8.20. The van der Waals surface area contributed by atoms with Gasteiger partial charge in [0.2, 0.25) is 0 Å². The number of rotatable bonds is 4. The molecule has 0 radical (unpaired) electrons. The highest BCUT2D eigenvalue weighted by Crippen LogP contribution is 2.28. The molecule has 1 unspecified atom stereocenters. The second-order valence-electron chi connectivity index (χ2n) is 6.09. The molecule has 2 nitrogen and oxygen atoms in total. The molecule has 0 amide bonds. The van der Waals surface area contributed by atoms with Crippen LogP contribution in [0.3, 0.4) is 0 Å². The first-order valence-electron chi connectivity index (χ1n) is 6.39. The van der Waals surface area contributed by atoms with E-state index in [0.717, 1.165) is 12.0 Å². The van der Waals surface area contributed by atoms with Crippen LogP contribution >= 0.6 is 0 Å². The van der Waals surface area contributed by atoms with Gasteiger partial charge >= 0.3 is 0 Å². The van der Waals surface area contributed by atoms with E-state index in [1.165, 1.54) is 6.07 Å². The number of hydrogen-bond acceptors (Lipinski definition) is 2. The minimum Gasteiger partial charge on any atom is -0.493 e. The fourth-order valence-corrected chi connectivity index (χ4v) is 1.62. The lowest BCUT2D eigenvalue weighted by Crippen LogP contribution is -2.14. The van der Waals surface area contributed by atoms with Crippen LogP contribution in [0.5, 0.6) is 5.75 Å². The molecule has 0 bridgehead atoms. The van der Waals surface area contributed by atoms with Crippen molar-refractivity contribution < 1.29 is 9.13 Å². The Balaban J connectivity index is 2.84. The van der Waals surface area contributed by atoms with Gasteiger partial charge in [0.1, 0.15) is 11.6 Å². The lowest BCUT2D eigenvalue weighted by molar-refractivity contribution is 0.240. The summed E-state index contributed by atoms with van der Waals surface area (Å²) >= 11 is 0. The van der Waals surface area contributed by atoms with E-state index in [9.17, 15) is 4.39 Å². The Morgan fingerprint density at radius 1 is 1.33 bits per heavy atom. The van der Waals surface area contributed by atoms with E-state index in [0.29, 0.717) is 17.9 Å². The van der Waals surface area contributed by atoms with Crippen molar-refractivity contribution in [3.05, 3.63) is 29.1 Å². The summed E-state index contributed by atoms with van der Waals surface area (Å²) in [6, 6.07) is 2.98. The second-order valence-corrected chi connectivity index (χ2v) is 6.09. The van der Waals surface area contributed by atoms with Gasteiger partial charge in [0.25, 0.3) is 0 Å². The van der Waals surface area contributed by atoms with Gasteiger partial charge in [0, 0.05) is 11.6 Å². The Morgan fingerprint density at radius 2 is 1.94 bits per heavy atom. The van der Waals surface area contributed by atoms with Crippen LogP contribution in [0.15, 0.2) is 12.1 Å². The highest BCUT2D eigenvalue weighted by Gasteiger charge is 2.14. The van der Waals surface area contributed by atoms with Crippen molar-refractivity contribution in [2.75, 3.05) is 6.61 Å². The van der Waals surface area contributed by atoms with Crippen LogP contribution in [-0.4, -0.2) is 6.61 Å². The van der Waals surface area contributed by atoms with E-state index in [2.05, 4.69) is 20.8 Å². The Bertz CT molecular complexity index is 408. The molecule has 0 aliphatic heterocycles. The zero-order valence-corrected chi connectivity index (χ0v) is 12.0. The van der Waals surface area contributed by atoms with Gasteiger partial charge in [-0.2, -0.15) is 0 Å². The Kier molecular flexibility index (Phi) is 4.74.